The third-order valence-corrected chi connectivity index (χ3v) is 10.5. The summed E-state index contributed by atoms with van der Waals surface area (Å²) in [6, 6.07) is 6.80. The summed E-state index contributed by atoms with van der Waals surface area (Å²) >= 11 is 7.55. The van der Waals surface area contributed by atoms with Gasteiger partial charge in [-0.1, -0.05) is 22.0 Å². The number of benzene rings is 1. The fourth-order valence-electron chi connectivity index (χ4n) is 7.17. The molecule has 2 aromatic rings. The van der Waals surface area contributed by atoms with Gasteiger partial charge in [0.15, 0.2) is 0 Å². The Labute approximate surface area is 265 Å². The Kier molecular flexibility index (Phi) is 10.4. The number of unbranched alkanes of at least 4 members (excludes halogenated alkanes) is 1. The third-order valence-electron chi connectivity index (χ3n) is 9.42. The van der Waals surface area contributed by atoms with Crippen LogP contribution in [0, 0.1) is 18.8 Å². The standard InChI is InChI=1S/C33H41Br2N3O4/c1-21-16-24-6-7-25-19-26(34)20-36-33(25)32(31(24)27(35)17-21)23-10-14-38(15-11-23)29(40)18-22-8-12-37(13-9-22)28(39)4-2-3-5-30(41)42/h16-17,19-20,22-23,32H,2-15,18H2,1H3,(H,41,42)/t32-/m1/s1. The lowest BCUT2D eigenvalue weighted by Gasteiger charge is -2.38. The number of pyridine rings is 1. The van der Waals surface area contributed by atoms with Crippen molar-refractivity contribution >= 4 is 49.6 Å². The first-order chi connectivity index (χ1) is 20.2. The molecule has 0 bridgehead atoms. The predicted octanol–water partition coefficient (Wildman–Crippen LogP) is 6.66. The lowest BCUT2D eigenvalue weighted by Crippen LogP contribution is -2.43. The summed E-state index contributed by atoms with van der Waals surface area (Å²) in [6.45, 7) is 5.09. The fraction of sp³-hybridized carbons (Fsp3) is 0.576. The molecule has 0 unspecified atom stereocenters. The highest BCUT2D eigenvalue weighted by atomic mass is 79.9. The number of hydrogen-bond acceptors (Lipinski definition) is 4. The van der Waals surface area contributed by atoms with Crippen LogP contribution in [-0.4, -0.2) is 63.9 Å². The number of carbonyl (C=O) groups excluding carboxylic acids is 2. The minimum Gasteiger partial charge on any atom is -0.481 e. The number of aliphatic carboxylic acids is 1. The van der Waals surface area contributed by atoms with E-state index >= 15 is 0 Å². The zero-order valence-electron chi connectivity index (χ0n) is 24.4. The molecule has 9 heteroatoms. The molecule has 2 amide bonds. The van der Waals surface area contributed by atoms with E-state index in [1.807, 2.05) is 11.1 Å². The number of amides is 2. The van der Waals surface area contributed by atoms with Crippen molar-refractivity contribution in [1.82, 2.24) is 14.8 Å². The van der Waals surface area contributed by atoms with Crippen molar-refractivity contribution in [3.8, 4) is 0 Å². The van der Waals surface area contributed by atoms with Crippen LogP contribution in [0.2, 0.25) is 0 Å². The molecule has 0 spiro atoms. The zero-order valence-corrected chi connectivity index (χ0v) is 27.6. The number of aryl methyl sites for hydroxylation is 3. The van der Waals surface area contributed by atoms with Crippen molar-refractivity contribution in [3.63, 3.8) is 0 Å². The van der Waals surface area contributed by atoms with Gasteiger partial charge in [0, 0.05) is 66.5 Å². The summed E-state index contributed by atoms with van der Waals surface area (Å²) in [5.74, 6) is 0.482. The molecule has 0 saturated carbocycles. The van der Waals surface area contributed by atoms with Crippen LogP contribution in [0.5, 0.6) is 0 Å². The number of carbonyl (C=O) groups is 3. The highest BCUT2D eigenvalue weighted by molar-refractivity contribution is 9.10. The van der Waals surface area contributed by atoms with E-state index in [0.29, 0.717) is 50.6 Å². The largest absolute Gasteiger partial charge is 0.481 e. The predicted molar refractivity (Wildman–Crippen MR) is 169 cm³/mol. The number of hydrogen-bond donors (Lipinski definition) is 1. The summed E-state index contributed by atoms with van der Waals surface area (Å²) in [6.07, 6.45) is 9.77. The van der Waals surface area contributed by atoms with E-state index in [1.54, 1.807) is 0 Å². The molecule has 42 heavy (non-hydrogen) atoms. The molecule has 1 aromatic heterocycles. The summed E-state index contributed by atoms with van der Waals surface area (Å²) in [5, 5.41) is 8.77. The van der Waals surface area contributed by atoms with Gasteiger partial charge in [0.05, 0.1) is 5.69 Å². The first-order valence-electron chi connectivity index (χ1n) is 15.4. The van der Waals surface area contributed by atoms with E-state index in [1.165, 1.54) is 32.4 Å². The Morgan fingerprint density at radius 3 is 2.24 bits per heavy atom. The second kappa shape index (κ2) is 14.0. The van der Waals surface area contributed by atoms with Crippen molar-refractivity contribution < 1.29 is 19.5 Å². The van der Waals surface area contributed by atoms with E-state index in [9.17, 15) is 14.4 Å². The minimum atomic E-state index is -0.814. The number of carboxylic acid groups (broad SMARTS) is 1. The molecule has 1 atom stereocenters. The molecule has 226 valence electrons. The maximum absolute atomic E-state index is 13.3. The number of rotatable bonds is 8. The lowest BCUT2D eigenvalue weighted by atomic mass is 9.76. The monoisotopic (exact) mass is 701 g/mol. The van der Waals surface area contributed by atoms with Crippen LogP contribution in [0.1, 0.15) is 91.7 Å². The Morgan fingerprint density at radius 2 is 1.52 bits per heavy atom. The van der Waals surface area contributed by atoms with Gasteiger partial charge in [-0.2, -0.15) is 0 Å². The van der Waals surface area contributed by atoms with Crippen LogP contribution in [0.3, 0.4) is 0 Å². The molecule has 1 aromatic carbocycles. The molecule has 0 radical (unpaired) electrons. The van der Waals surface area contributed by atoms with Crippen molar-refractivity contribution in [2.75, 3.05) is 26.2 Å². The van der Waals surface area contributed by atoms with Gasteiger partial charge in [0.25, 0.3) is 0 Å². The van der Waals surface area contributed by atoms with Crippen molar-refractivity contribution in [3.05, 3.63) is 61.3 Å². The van der Waals surface area contributed by atoms with Crippen molar-refractivity contribution in [1.29, 1.82) is 0 Å². The van der Waals surface area contributed by atoms with Gasteiger partial charge in [0.2, 0.25) is 11.8 Å². The Hall–Kier alpha value is -2.26. The van der Waals surface area contributed by atoms with E-state index in [4.69, 9.17) is 10.1 Å². The molecule has 1 N–H and O–H groups in total. The average molecular weight is 704 g/mol. The summed E-state index contributed by atoms with van der Waals surface area (Å²) in [5.41, 5.74) is 6.56. The van der Waals surface area contributed by atoms with Crippen LogP contribution < -0.4 is 0 Å². The molecule has 7 nitrogen and oxygen atoms in total. The molecule has 2 aliphatic heterocycles. The number of fused-ring (bicyclic) bond motifs is 2. The van der Waals surface area contributed by atoms with Gasteiger partial charge in [-0.25, -0.2) is 0 Å². The molecule has 2 fully saturated rings. The third kappa shape index (κ3) is 7.44. The average Bonchev–Trinajstić information content (AvgIpc) is 3.12. The Bertz CT molecular complexity index is 1320. The molecule has 3 aliphatic rings. The Balaban J connectivity index is 1.17. The first-order valence-corrected chi connectivity index (χ1v) is 17.0. The van der Waals surface area contributed by atoms with Crippen LogP contribution in [0.4, 0.5) is 0 Å². The van der Waals surface area contributed by atoms with E-state index in [-0.39, 0.29) is 24.2 Å². The van der Waals surface area contributed by atoms with Gasteiger partial charge in [0.1, 0.15) is 0 Å². The molecule has 3 heterocycles. The number of likely N-dealkylation sites (tertiary alicyclic amines) is 2. The highest BCUT2D eigenvalue weighted by Crippen LogP contribution is 2.45. The summed E-state index contributed by atoms with van der Waals surface area (Å²) in [4.78, 5) is 45.5. The first kappa shape index (κ1) is 31.2. The number of aromatic nitrogens is 1. The molecule has 2 saturated heterocycles. The van der Waals surface area contributed by atoms with Crippen LogP contribution in [-0.2, 0) is 27.2 Å². The zero-order chi connectivity index (χ0) is 29.8. The van der Waals surface area contributed by atoms with Gasteiger partial charge in [-0.05, 0) is 120 Å². The van der Waals surface area contributed by atoms with Crippen LogP contribution >= 0.6 is 31.9 Å². The van der Waals surface area contributed by atoms with Crippen LogP contribution in [0.15, 0.2) is 33.3 Å². The van der Waals surface area contributed by atoms with Crippen molar-refractivity contribution in [2.24, 2.45) is 11.8 Å². The highest BCUT2D eigenvalue weighted by Gasteiger charge is 2.36. The number of carboxylic acids is 1. The molecule has 5 rings (SSSR count). The normalized spacial score (nSPS) is 19.6. The van der Waals surface area contributed by atoms with Gasteiger partial charge < -0.3 is 14.9 Å². The topological polar surface area (TPSA) is 90.8 Å². The van der Waals surface area contributed by atoms with E-state index < -0.39 is 5.97 Å². The molecular weight excluding hydrogens is 662 g/mol. The van der Waals surface area contributed by atoms with Crippen molar-refractivity contribution in [2.45, 2.75) is 83.5 Å². The van der Waals surface area contributed by atoms with E-state index in [2.05, 4.69) is 61.9 Å². The Morgan fingerprint density at radius 1 is 0.881 bits per heavy atom. The quantitative estimate of drug-likeness (QED) is 0.311. The van der Waals surface area contributed by atoms with Crippen LogP contribution in [0.25, 0.3) is 0 Å². The number of piperidine rings is 2. The lowest BCUT2D eigenvalue weighted by molar-refractivity contribution is -0.138. The van der Waals surface area contributed by atoms with Gasteiger partial charge in [-0.3, -0.25) is 19.4 Å². The second-order valence-corrected chi connectivity index (χ2v) is 14.1. The summed E-state index contributed by atoms with van der Waals surface area (Å²) < 4.78 is 2.19. The molecular formula is C33H41Br2N3O4. The minimum absolute atomic E-state index is 0.109. The maximum Gasteiger partial charge on any atom is 0.303 e. The van der Waals surface area contributed by atoms with Gasteiger partial charge in [-0.15, -0.1) is 0 Å². The van der Waals surface area contributed by atoms with Gasteiger partial charge >= 0.3 is 5.97 Å². The number of halogens is 2. The second-order valence-electron chi connectivity index (χ2n) is 12.3. The number of nitrogens with zero attached hydrogens (tertiary/aromatic N) is 3. The SMILES string of the molecule is Cc1cc(Br)c2c(c1)CCc1cc(Br)cnc1[C@@H]2C1CCN(C(=O)CC2CCN(C(=O)CCCCC(=O)O)CC2)CC1. The van der Waals surface area contributed by atoms with E-state index in [0.717, 1.165) is 56.1 Å². The smallest absolute Gasteiger partial charge is 0.303 e. The molecule has 1 aliphatic carbocycles. The summed E-state index contributed by atoms with van der Waals surface area (Å²) in [7, 11) is 0. The maximum atomic E-state index is 13.3. The fourth-order valence-corrected chi connectivity index (χ4v) is 8.41.